The highest BCUT2D eigenvalue weighted by atomic mass is 16.5. The third-order valence-corrected chi connectivity index (χ3v) is 13.1. The van der Waals surface area contributed by atoms with Gasteiger partial charge in [-0.2, -0.15) is 0 Å². The maximum atomic E-state index is 13.9. The van der Waals surface area contributed by atoms with Crippen molar-refractivity contribution in [1.82, 2.24) is 40.4 Å². The Morgan fingerprint density at radius 3 is 2.02 bits per heavy atom. The second-order valence-corrected chi connectivity index (χ2v) is 18.7. The van der Waals surface area contributed by atoms with Crippen molar-refractivity contribution in [2.45, 2.75) is 124 Å². The van der Waals surface area contributed by atoms with Crippen molar-refractivity contribution in [3.05, 3.63) is 88.0 Å². The standard InChI is InChI=1S/C49H65N9O6/c1-11-24-56(41(59)26-50-47(61)63-9)27-40-51-35-20-18-33(29(4)43(35)53-40)37-22-23-38(58(37)32-16-14-31(15-17-32)49(6,7)8)34-19-21-36-44(30(34)5)54-45(52-36)39-13-12-25-57(39)46(60)42(28(2)3)55-48(62)64-10/h14-21,28,37-39,42H,11-13,22-27H2,1-10H3,(H,50,61)(H,51,53)(H,52,54)(H,55,62)/t37-,38+,39-,42?/m0/s1. The molecule has 2 fully saturated rings. The van der Waals surface area contributed by atoms with E-state index in [1.807, 2.05) is 25.7 Å². The van der Waals surface area contributed by atoms with Gasteiger partial charge in [0, 0.05) is 18.8 Å². The lowest BCUT2D eigenvalue weighted by atomic mass is 9.87. The molecule has 4 heterocycles. The summed E-state index contributed by atoms with van der Waals surface area (Å²) in [4.78, 5) is 74.4. The number of ether oxygens (including phenoxy) is 2. The quantitative estimate of drug-likeness (QED) is 0.0902. The lowest BCUT2D eigenvalue weighted by molar-refractivity contribution is -0.135. The number of nitrogens with zero attached hydrogens (tertiary/aromatic N) is 5. The number of aromatic nitrogens is 4. The van der Waals surface area contributed by atoms with E-state index in [9.17, 15) is 19.2 Å². The first-order chi connectivity index (χ1) is 30.5. The van der Waals surface area contributed by atoms with Crippen LogP contribution in [0.4, 0.5) is 15.3 Å². The van der Waals surface area contributed by atoms with Crippen LogP contribution in [0.2, 0.25) is 0 Å². The fourth-order valence-corrected chi connectivity index (χ4v) is 9.66. The summed E-state index contributed by atoms with van der Waals surface area (Å²) in [6.07, 6.45) is 2.93. The predicted octanol–water partition coefficient (Wildman–Crippen LogP) is 8.58. The van der Waals surface area contributed by atoms with Crippen LogP contribution in [-0.2, 0) is 31.0 Å². The van der Waals surface area contributed by atoms with Gasteiger partial charge in [-0.25, -0.2) is 19.6 Å². The van der Waals surface area contributed by atoms with Gasteiger partial charge in [-0.3, -0.25) is 9.59 Å². The van der Waals surface area contributed by atoms with Gasteiger partial charge in [0.1, 0.15) is 24.2 Å². The van der Waals surface area contributed by atoms with Crippen molar-refractivity contribution in [3.63, 3.8) is 0 Å². The average molecular weight is 876 g/mol. The van der Waals surface area contributed by atoms with Crippen LogP contribution in [0.25, 0.3) is 22.1 Å². The van der Waals surface area contributed by atoms with E-state index in [-0.39, 0.29) is 54.4 Å². The normalized spacial score (nSPS) is 18.2. The number of methoxy groups -OCH3 is 2. The predicted molar refractivity (Wildman–Crippen MR) is 248 cm³/mol. The van der Waals surface area contributed by atoms with Crippen LogP contribution in [0.1, 0.15) is 131 Å². The van der Waals surface area contributed by atoms with Gasteiger partial charge in [0.2, 0.25) is 11.8 Å². The Morgan fingerprint density at radius 1 is 0.828 bits per heavy atom. The molecule has 2 saturated heterocycles. The maximum absolute atomic E-state index is 13.9. The molecule has 15 nitrogen and oxygen atoms in total. The molecule has 1 unspecified atom stereocenters. The van der Waals surface area contributed by atoms with Gasteiger partial charge in [-0.15, -0.1) is 0 Å². The molecule has 4 amide bonds. The van der Waals surface area contributed by atoms with Crippen molar-refractivity contribution in [2.75, 3.05) is 38.8 Å². The second-order valence-electron chi connectivity index (χ2n) is 18.7. The van der Waals surface area contributed by atoms with Crippen molar-refractivity contribution >= 4 is 51.8 Å². The smallest absolute Gasteiger partial charge is 0.407 e. The van der Waals surface area contributed by atoms with Gasteiger partial charge >= 0.3 is 12.2 Å². The summed E-state index contributed by atoms with van der Waals surface area (Å²) in [6, 6.07) is 16.8. The van der Waals surface area contributed by atoms with Gasteiger partial charge < -0.3 is 44.8 Å². The molecule has 2 aromatic heterocycles. The largest absolute Gasteiger partial charge is 0.453 e. The summed E-state index contributed by atoms with van der Waals surface area (Å²) in [5, 5.41) is 5.25. The highest BCUT2D eigenvalue weighted by Crippen LogP contribution is 2.49. The van der Waals surface area contributed by atoms with Gasteiger partial charge in [0.05, 0.1) is 61.0 Å². The minimum atomic E-state index is -0.709. The number of anilines is 1. The van der Waals surface area contributed by atoms with E-state index in [4.69, 9.17) is 14.7 Å². The second kappa shape index (κ2) is 18.9. The summed E-state index contributed by atoms with van der Waals surface area (Å²) in [7, 11) is 2.57. The molecule has 342 valence electrons. The number of fused-ring (bicyclic) bond motifs is 2. The van der Waals surface area contributed by atoms with Crippen molar-refractivity contribution in [3.8, 4) is 0 Å². The van der Waals surface area contributed by atoms with E-state index < -0.39 is 18.2 Å². The Bertz CT molecular complexity index is 2500. The first kappa shape index (κ1) is 45.9. The number of aryl methyl sites for hydroxylation is 2. The molecule has 7 rings (SSSR count). The zero-order chi connectivity index (χ0) is 46.0. The van der Waals surface area contributed by atoms with E-state index in [1.54, 1.807) is 4.90 Å². The van der Waals surface area contributed by atoms with Crippen molar-refractivity contribution in [1.29, 1.82) is 0 Å². The topological polar surface area (TPSA) is 178 Å². The summed E-state index contributed by atoms with van der Waals surface area (Å²) in [5.74, 6) is 0.961. The number of alkyl carbamates (subject to hydrolysis) is 2. The molecule has 2 aliphatic rings. The summed E-state index contributed by atoms with van der Waals surface area (Å²) < 4.78 is 9.50. The lowest BCUT2D eigenvalue weighted by Crippen LogP contribution is -2.51. The molecular weight excluding hydrogens is 811 g/mol. The Hall–Kier alpha value is -6.12. The third-order valence-electron chi connectivity index (χ3n) is 13.1. The fraction of sp³-hybridized carbons (Fsp3) is 0.510. The van der Waals surface area contributed by atoms with Crippen LogP contribution in [0.3, 0.4) is 0 Å². The number of hydrogen-bond donors (Lipinski definition) is 4. The van der Waals surface area contributed by atoms with Crippen LogP contribution in [0.15, 0.2) is 48.5 Å². The molecule has 64 heavy (non-hydrogen) atoms. The molecule has 4 N–H and O–H groups in total. The van der Waals surface area contributed by atoms with E-state index in [2.05, 4.69) is 113 Å². The fourth-order valence-electron chi connectivity index (χ4n) is 9.66. The van der Waals surface area contributed by atoms with Crippen molar-refractivity contribution in [2.24, 2.45) is 5.92 Å². The molecule has 0 saturated carbocycles. The number of hydrogen-bond acceptors (Lipinski definition) is 9. The van der Waals surface area contributed by atoms with Crippen LogP contribution >= 0.6 is 0 Å². The summed E-state index contributed by atoms with van der Waals surface area (Å²) >= 11 is 0. The van der Waals surface area contributed by atoms with E-state index in [1.165, 1.54) is 30.9 Å². The Kier molecular flexibility index (Phi) is 13.6. The van der Waals surface area contributed by atoms with Crippen molar-refractivity contribution < 1.29 is 28.7 Å². The van der Waals surface area contributed by atoms with Gasteiger partial charge in [0.25, 0.3) is 0 Å². The SMILES string of the molecule is CCCN(Cc1nc2c(C)c([C@@H]3CC[C@H](c4ccc5[nH]c([C@@H]6CCCN6C(=O)C(NC(=O)OC)C(C)C)nc5c4C)N3c3ccc(C(C)(C)C)cc3)ccc2[nH]1)C(=O)CNC(=O)OC. The van der Waals surface area contributed by atoms with Gasteiger partial charge in [-0.1, -0.05) is 65.8 Å². The van der Waals surface area contributed by atoms with Gasteiger partial charge in [0.15, 0.2) is 0 Å². The Balaban J connectivity index is 1.21. The highest BCUT2D eigenvalue weighted by Gasteiger charge is 2.40. The number of nitrogens with one attached hydrogen (secondary N) is 4. The first-order valence-electron chi connectivity index (χ1n) is 22.6. The number of carbonyl (C=O) groups is 4. The minimum absolute atomic E-state index is 0.00314. The molecule has 15 heteroatoms. The molecule has 0 radical (unpaired) electrons. The Labute approximate surface area is 376 Å². The number of rotatable bonds is 13. The molecule has 4 atom stereocenters. The van der Waals surface area contributed by atoms with Gasteiger partial charge in [-0.05, 0) is 109 Å². The van der Waals surface area contributed by atoms with E-state index >= 15 is 0 Å². The highest BCUT2D eigenvalue weighted by molar-refractivity contribution is 5.87. The number of amides is 4. The number of likely N-dealkylation sites (tertiary alicyclic amines) is 1. The summed E-state index contributed by atoms with van der Waals surface area (Å²) in [6.45, 7) is 18.1. The van der Waals surface area contributed by atoms with E-state index in [0.717, 1.165) is 76.8 Å². The maximum Gasteiger partial charge on any atom is 0.407 e. The number of H-pyrrole nitrogens is 2. The third kappa shape index (κ3) is 9.25. The molecule has 2 aliphatic heterocycles. The first-order valence-corrected chi connectivity index (χ1v) is 22.6. The molecule has 3 aromatic carbocycles. The molecular formula is C49H65N9O6. The number of benzene rings is 3. The Morgan fingerprint density at radius 2 is 1.44 bits per heavy atom. The van der Waals surface area contributed by atoms with Crippen LogP contribution < -0.4 is 15.5 Å². The number of imidazole rings is 2. The molecule has 0 bridgehead atoms. The molecule has 0 spiro atoms. The van der Waals surface area contributed by atoms with Crippen LogP contribution in [0.5, 0.6) is 0 Å². The zero-order valence-corrected chi connectivity index (χ0v) is 39.1. The molecule has 5 aromatic rings. The minimum Gasteiger partial charge on any atom is -0.453 e. The number of aromatic amines is 2. The van der Waals surface area contributed by atoms with E-state index in [0.29, 0.717) is 18.9 Å². The average Bonchev–Trinajstić information content (AvgIpc) is 4.10. The number of carbonyl (C=O) groups excluding carboxylic acids is 4. The monoisotopic (exact) mass is 876 g/mol. The lowest BCUT2D eigenvalue weighted by Gasteiger charge is -2.35. The summed E-state index contributed by atoms with van der Waals surface area (Å²) in [5.41, 5.74) is 10.6. The molecule has 0 aliphatic carbocycles. The van der Waals surface area contributed by atoms with Crippen LogP contribution in [0, 0.1) is 19.8 Å². The zero-order valence-electron chi connectivity index (χ0n) is 39.1. The van der Waals surface area contributed by atoms with Crippen LogP contribution in [-0.4, -0.2) is 93.6 Å².